The second-order valence-corrected chi connectivity index (χ2v) is 7.16. The first kappa shape index (κ1) is 20.9. The lowest BCUT2D eigenvalue weighted by atomic mass is 10.1. The van der Waals surface area contributed by atoms with E-state index < -0.39 is 0 Å². The molecule has 1 atom stereocenters. The van der Waals surface area contributed by atoms with Gasteiger partial charge in [0.05, 0.1) is 12.9 Å². The van der Waals surface area contributed by atoms with Gasteiger partial charge in [0, 0.05) is 12.1 Å². The predicted molar refractivity (Wildman–Crippen MR) is 109 cm³/mol. The molecule has 1 aromatic heterocycles. The first-order chi connectivity index (χ1) is 14.0. The third-order valence-electron chi connectivity index (χ3n) is 4.30. The van der Waals surface area contributed by atoms with Gasteiger partial charge in [0.15, 0.2) is 34.4 Å². The SMILES string of the molecule is CCn1c(SCC(=O)c2ccc(F)cc2)nnc1C(C)Oc1ccccc1OC. The summed E-state index contributed by atoms with van der Waals surface area (Å²) in [6, 6.07) is 12.9. The summed E-state index contributed by atoms with van der Waals surface area (Å²) in [5, 5.41) is 9.12. The Morgan fingerprint density at radius 1 is 1.14 bits per heavy atom. The van der Waals surface area contributed by atoms with Crippen molar-refractivity contribution in [2.75, 3.05) is 12.9 Å². The average Bonchev–Trinajstić information content (AvgIpc) is 3.16. The standard InChI is InChI=1S/C21H22FN3O3S/c1-4-25-20(14(2)28-19-8-6-5-7-18(19)27-3)23-24-21(25)29-13-17(26)15-9-11-16(22)12-10-15/h5-12,14H,4,13H2,1-3H3. The Labute approximate surface area is 173 Å². The van der Waals surface area contributed by atoms with Gasteiger partial charge in [0.1, 0.15) is 5.82 Å². The number of hydrogen-bond donors (Lipinski definition) is 0. The molecule has 6 nitrogen and oxygen atoms in total. The molecular weight excluding hydrogens is 393 g/mol. The van der Waals surface area contributed by atoms with Crippen LogP contribution in [-0.2, 0) is 6.54 Å². The van der Waals surface area contributed by atoms with Crippen molar-refractivity contribution < 1.29 is 18.7 Å². The lowest BCUT2D eigenvalue weighted by Gasteiger charge is -2.17. The molecule has 29 heavy (non-hydrogen) atoms. The van der Waals surface area contributed by atoms with Gasteiger partial charge in [-0.05, 0) is 50.2 Å². The summed E-state index contributed by atoms with van der Waals surface area (Å²) in [5.41, 5.74) is 0.467. The fourth-order valence-electron chi connectivity index (χ4n) is 2.81. The minimum atomic E-state index is -0.367. The number of carbonyl (C=O) groups excluding carboxylic acids is 1. The summed E-state index contributed by atoms with van der Waals surface area (Å²) in [5.74, 6) is 1.64. The highest BCUT2D eigenvalue weighted by Gasteiger charge is 2.20. The normalized spacial score (nSPS) is 11.9. The molecule has 3 rings (SSSR count). The van der Waals surface area contributed by atoms with E-state index in [1.807, 2.05) is 42.7 Å². The molecule has 8 heteroatoms. The minimum Gasteiger partial charge on any atom is -0.493 e. The van der Waals surface area contributed by atoms with E-state index in [9.17, 15) is 9.18 Å². The van der Waals surface area contributed by atoms with E-state index in [-0.39, 0.29) is 23.5 Å². The highest BCUT2D eigenvalue weighted by atomic mass is 32.2. The summed E-state index contributed by atoms with van der Waals surface area (Å²) in [4.78, 5) is 12.3. The molecule has 2 aromatic carbocycles. The Morgan fingerprint density at radius 2 is 1.83 bits per heavy atom. The first-order valence-corrected chi connectivity index (χ1v) is 10.2. The van der Waals surface area contributed by atoms with Gasteiger partial charge in [-0.15, -0.1) is 10.2 Å². The fourth-order valence-corrected chi connectivity index (χ4v) is 3.72. The average molecular weight is 415 g/mol. The van der Waals surface area contributed by atoms with E-state index in [1.54, 1.807) is 7.11 Å². The van der Waals surface area contributed by atoms with Gasteiger partial charge in [-0.2, -0.15) is 0 Å². The van der Waals surface area contributed by atoms with Crippen LogP contribution in [0.15, 0.2) is 53.7 Å². The van der Waals surface area contributed by atoms with E-state index in [0.717, 1.165) is 0 Å². The van der Waals surface area contributed by atoms with Crippen LogP contribution in [0.1, 0.15) is 36.1 Å². The maximum Gasteiger partial charge on any atom is 0.191 e. The van der Waals surface area contributed by atoms with Crippen LogP contribution in [0.4, 0.5) is 4.39 Å². The lowest BCUT2D eigenvalue weighted by Crippen LogP contribution is -2.12. The lowest BCUT2D eigenvalue weighted by molar-refractivity contribution is 0.102. The third-order valence-corrected chi connectivity index (χ3v) is 5.26. The van der Waals surface area contributed by atoms with Gasteiger partial charge >= 0.3 is 0 Å². The molecule has 0 aliphatic carbocycles. The van der Waals surface area contributed by atoms with Crippen molar-refractivity contribution >= 4 is 17.5 Å². The van der Waals surface area contributed by atoms with Crippen molar-refractivity contribution in [3.63, 3.8) is 0 Å². The van der Waals surface area contributed by atoms with Crippen LogP contribution in [-0.4, -0.2) is 33.4 Å². The van der Waals surface area contributed by atoms with Crippen LogP contribution in [0, 0.1) is 5.82 Å². The van der Waals surface area contributed by atoms with Crippen molar-refractivity contribution in [3.05, 3.63) is 65.7 Å². The van der Waals surface area contributed by atoms with Crippen LogP contribution < -0.4 is 9.47 Å². The van der Waals surface area contributed by atoms with Crippen molar-refractivity contribution in [2.45, 2.75) is 31.7 Å². The molecule has 1 heterocycles. The highest BCUT2D eigenvalue weighted by molar-refractivity contribution is 7.99. The number of benzene rings is 2. The van der Waals surface area contributed by atoms with Gasteiger partial charge in [0.25, 0.3) is 0 Å². The molecule has 0 N–H and O–H groups in total. The van der Waals surface area contributed by atoms with Gasteiger partial charge in [-0.25, -0.2) is 4.39 Å². The number of para-hydroxylation sites is 2. The molecule has 0 bridgehead atoms. The molecule has 0 radical (unpaired) electrons. The zero-order chi connectivity index (χ0) is 20.8. The first-order valence-electron chi connectivity index (χ1n) is 9.17. The topological polar surface area (TPSA) is 66.2 Å². The van der Waals surface area contributed by atoms with Crippen LogP contribution in [0.2, 0.25) is 0 Å². The Kier molecular flexibility index (Phi) is 6.87. The third kappa shape index (κ3) is 4.95. The number of ketones is 1. The summed E-state index contributed by atoms with van der Waals surface area (Å²) >= 11 is 1.30. The molecule has 3 aromatic rings. The van der Waals surface area contributed by atoms with Crippen LogP contribution in [0.25, 0.3) is 0 Å². The molecule has 0 aliphatic heterocycles. The number of thioether (sulfide) groups is 1. The van der Waals surface area contributed by atoms with E-state index in [0.29, 0.717) is 34.6 Å². The van der Waals surface area contributed by atoms with Crippen LogP contribution in [0.3, 0.4) is 0 Å². The number of Topliss-reactive ketones (excluding diaryl/α,β-unsaturated/α-hetero) is 1. The summed E-state index contributed by atoms with van der Waals surface area (Å²) in [7, 11) is 1.59. The van der Waals surface area contributed by atoms with Gasteiger partial charge in [-0.1, -0.05) is 23.9 Å². The second-order valence-electron chi connectivity index (χ2n) is 6.21. The maximum atomic E-state index is 13.0. The number of aromatic nitrogens is 3. The quantitative estimate of drug-likeness (QED) is 0.377. The van der Waals surface area contributed by atoms with E-state index in [2.05, 4.69) is 10.2 Å². The Morgan fingerprint density at radius 3 is 2.48 bits per heavy atom. The fraction of sp³-hybridized carbons (Fsp3) is 0.286. The Hall–Kier alpha value is -2.87. The molecule has 0 saturated heterocycles. The number of hydrogen-bond acceptors (Lipinski definition) is 6. The van der Waals surface area contributed by atoms with E-state index in [1.165, 1.54) is 36.0 Å². The summed E-state index contributed by atoms with van der Waals surface area (Å²) in [6.07, 6.45) is -0.360. The van der Waals surface area contributed by atoms with Crippen molar-refractivity contribution in [1.29, 1.82) is 0 Å². The van der Waals surface area contributed by atoms with Crippen LogP contribution in [0.5, 0.6) is 11.5 Å². The predicted octanol–water partition coefficient (Wildman–Crippen LogP) is 4.56. The Balaban J connectivity index is 1.70. The number of ether oxygens (including phenoxy) is 2. The van der Waals surface area contributed by atoms with Gasteiger partial charge in [-0.3, -0.25) is 4.79 Å². The zero-order valence-electron chi connectivity index (χ0n) is 16.5. The molecule has 0 aliphatic rings. The number of halogens is 1. The smallest absolute Gasteiger partial charge is 0.191 e. The minimum absolute atomic E-state index is 0.0967. The molecule has 1 unspecified atom stereocenters. The monoisotopic (exact) mass is 415 g/mol. The Bertz CT molecular complexity index is 976. The van der Waals surface area contributed by atoms with E-state index >= 15 is 0 Å². The molecule has 0 amide bonds. The summed E-state index contributed by atoms with van der Waals surface area (Å²) in [6.45, 7) is 4.50. The number of rotatable bonds is 9. The zero-order valence-corrected chi connectivity index (χ0v) is 17.3. The molecule has 0 saturated carbocycles. The largest absolute Gasteiger partial charge is 0.493 e. The van der Waals surface area contributed by atoms with Crippen molar-refractivity contribution in [3.8, 4) is 11.5 Å². The van der Waals surface area contributed by atoms with Gasteiger partial charge < -0.3 is 14.0 Å². The van der Waals surface area contributed by atoms with Crippen molar-refractivity contribution in [2.24, 2.45) is 0 Å². The molecule has 0 fully saturated rings. The maximum absolute atomic E-state index is 13.0. The van der Waals surface area contributed by atoms with E-state index in [4.69, 9.17) is 9.47 Å². The number of nitrogens with zero attached hydrogens (tertiary/aromatic N) is 3. The van der Waals surface area contributed by atoms with Gasteiger partial charge in [0.2, 0.25) is 0 Å². The number of carbonyl (C=O) groups is 1. The second kappa shape index (κ2) is 9.56. The highest BCUT2D eigenvalue weighted by Crippen LogP contribution is 2.31. The van der Waals surface area contributed by atoms with Crippen LogP contribution >= 0.6 is 11.8 Å². The summed E-state index contributed by atoms with van der Waals surface area (Å²) < 4.78 is 26.3. The molecular formula is C21H22FN3O3S. The van der Waals surface area contributed by atoms with Crippen molar-refractivity contribution in [1.82, 2.24) is 14.8 Å². The number of methoxy groups -OCH3 is 1. The molecule has 152 valence electrons. The molecule has 0 spiro atoms.